The summed E-state index contributed by atoms with van der Waals surface area (Å²) in [6.45, 7) is 1.99. The van der Waals surface area contributed by atoms with Crippen molar-refractivity contribution in [3.63, 3.8) is 0 Å². The Labute approximate surface area is 115 Å². The fourth-order valence-corrected chi connectivity index (χ4v) is 1.91. The summed E-state index contributed by atoms with van der Waals surface area (Å²) in [5.41, 5.74) is 1.30. The van der Waals surface area contributed by atoms with E-state index in [2.05, 4.69) is 15.3 Å². The third kappa shape index (κ3) is 3.00. The summed E-state index contributed by atoms with van der Waals surface area (Å²) >= 11 is 0. The van der Waals surface area contributed by atoms with E-state index < -0.39 is 10.8 Å². The van der Waals surface area contributed by atoms with E-state index in [1.807, 2.05) is 0 Å². The number of carbonyl (C=O) groups is 1. The number of aromatic amines is 1. The van der Waals surface area contributed by atoms with Crippen LogP contribution >= 0.6 is 0 Å². The number of nitrogens with zero attached hydrogens (tertiary/aromatic N) is 2. The molecular weight excluding hydrogens is 260 g/mol. The highest BCUT2D eigenvalue weighted by Crippen LogP contribution is 2.22. The molecule has 0 fully saturated rings. The average molecular weight is 274 g/mol. The molecule has 0 aliphatic rings. The van der Waals surface area contributed by atoms with Crippen LogP contribution in [0.1, 0.15) is 21.6 Å². The van der Waals surface area contributed by atoms with Crippen molar-refractivity contribution in [2.24, 2.45) is 0 Å². The molecule has 0 unspecified atom stereocenters. The van der Waals surface area contributed by atoms with Gasteiger partial charge in [0.2, 0.25) is 0 Å². The Morgan fingerprint density at radius 3 is 2.95 bits per heavy atom. The van der Waals surface area contributed by atoms with E-state index in [0.717, 1.165) is 5.69 Å². The Kier molecular flexibility index (Phi) is 4.09. The van der Waals surface area contributed by atoms with Gasteiger partial charge in [-0.15, -0.1) is 0 Å². The minimum Gasteiger partial charge on any atom is -0.351 e. The molecule has 20 heavy (non-hydrogen) atoms. The number of hydrogen-bond donors (Lipinski definition) is 2. The first kappa shape index (κ1) is 13.7. The van der Waals surface area contributed by atoms with Gasteiger partial charge in [-0.2, -0.15) is 0 Å². The average Bonchev–Trinajstić information content (AvgIpc) is 2.91. The quantitative estimate of drug-likeness (QED) is 0.638. The lowest BCUT2D eigenvalue weighted by Crippen LogP contribution is -2.26. The molecule has 2 rings (SSSR count). The van der Waals surface area contributed by atoms with Crippen molar-refractivity contribution in [3.05, 3.63) is 57.7 Å². The Balaban J connectivity index is 2.06. The molecule has 0 spiro atoms. The number of amides is 1. The molecule has 0 radical (unpaired) electrons. The minimum atomic E-state index is -0.529. The fourth-order valence-electron chi connectivity index (χ4n) is 1.91. The van der Waals surface area contributed by atoms with Gasteiger partial charge >= 0.3 is 0 Å². The standard InChI is InChI=1S/C13H14N4O3/c1-9-3-2-4-11(12(9)17(19)20)13(18)15-6-5-10-7-14-8-16-10/h2-4,7-8H,5-6H2,1H3,(H,14,16)(H,15,18). The van der Waals surface area contributed by atoms with Gasteiger partial charge in [-0.25, -0.2) is 4.98 Å². The van der Waals surface area contributed by atoms with Crippen LogP contribution in [0.3, 0.4) is 0 Å². The van der Waals surface area contributed by atoms with E-state index in [1.165, 1.54) is 6.07 Å². The molecular formula is C13H14N4O3. The molecule has 1 amide bonds. The third-order valence-corrected chi connectivity index (χ3v) is 2.90. The summed E-state index contributed by atoms with van der Waals surface area (Å²) in [6.07, 6.45) is 3.81. The zero-order valence-electron chi connectivity index (χ0n) is 10.9. The first-order valence-corrected chi connectivity index (χ1v) is 6.09. The number of nitro benzene ring substituents is 1. The molecule has 0 saturated carbocycles. The minimum absolute atomic E-state index is 0.0830. The summed E-state index contributed by atoms with van der Waals surface area (Å²) in [7, 11) is 0. The van der Waals surface area contributed by atoms with E-state index in [-0.39, 0.29) is 11.3 Å². The largest absolute Gasteiger partial charge is 0.351 e. The number of aromatic nitrogens is 2. The summed E-state index contributed by atoms with van der Waals surface area (Å²) in [5, 5.41) is 13.7. The zero-order chi connectivity index (χ0) is 14.5. The fraction of sp³-hybridized carbons (Fsp3) is 0.231. The van der Waals surface area contributed by atoms with Crippen LogP contribution in [0, 0.1) is 17.0 Å². The second-order valence-corrected chi connectivity index (χ2v) is 4.31. The van der Waals surface area contributed by atoms with Crippen LogP contribution in [0.4, 0.5) is 5.69 Å². The Morgan fingerprint density at radius 2 is 2.30 bits per heavy atom. The van der Waals surface area contributed by atoms with Crippen LogP contribution in [0.25, 0.3) is 0 Å². The smallest absolute Gasteiger partial charge is 0.285 e. The third-order valence-electron chi connectivity index (χ3n) is 2.90. The van der Waals surface area contributed by atoms with Gasteiger partial charge in [0.25, 0.3) is 11.6 Å². The second-order valence-electron chi connectivity index (χ2n) is 4.31. The van der Waals surface area contributed by atoms with Crippen LogP contribution in [-0.4, -0.2) is 27.3 Å². The van der Waals surface area contributed by atoms with E-state index >= 15 is 0 Å². The van der Waals surface area contributed by atoms with Crippen molar-refractivity contribution in [1.82, 2.24) is 15.3 Å². The van der Waals surface area contributed by atoms with Gasteiger partial charge in [-0.05, 0) is 13.0 Å². The van der Waals surface area contributed by atoms with Gasteiger partial charge in [-0.1, -0.05) is 12.1 Å². The number of nitrogens with one attached hydrogen (secondary N) is 2. The number of para-hydroxylation sites is 1. The van der Waals surface area contributed by atoms with E-state index in [0.29, 0.717) is 18.5 Å². The predicted octanol–water partition coefficient (Wildman–Crippen LogP) is 1.60. The molecule has 7 heteroatoms. The number of H-pyrrole nitrogens is 1. The number of rotatable bonds is 5. The van der Waals surface area contributed by atoms with Crippen molar-refractivity contribution in [2.75, 3.05) is 6.54 Å². The van der Waals surface area contributed by atoms with E-state index in [4.69, 9.17) is 0 Å². The van der Waals surface area contributed by atoms with Gasteiger partial charge in [0.15, 0.2) is 0 Å². The van der Waals surface area contributed by atoms with E-state index in [1.54, 1.807) is 31.6 Å². The van der Waals surface area contributed by atoms with Crippen molar-refractivity contribution in [2.45, 2.75) is 13.3 Å². The molecule has 2 N–H and O–H groups in total. The molecule has 0 saturated heterocycles. The number of carbonyl (C=O) groups excluding carboxylic acids is 1. The highest BCUT2D eigenvalue weighted by atomic mass is 16.6. The molecule has 0 bridgehead atoms. The van der Waals surface area contributed by atoms with Crippen molar-refractivity contribution >= 4 is 11.6 Å². The van der Waals surface area contributed by atoms with Gasteiger partial charge in [0.1, 0.15) is 5.56 Å². The molecule has 1 heterocycles. The molecule has 7 nitrogen and oxygen atoms in total. The zero-order valence-corrected chi connectivity index (χ0v) is 10.9. The van der Waals surface area contributed by atoms with Crippen molar-refractivity contribution in [3.8, 4) is 0 Å². The van der Waals surface area contributed by atoms with Gasteiger partial charge in [0, 0.05) is 30.4 Å². The Bertz CT molecular complexity index is 623. The molecule has 1 aromatic carbocycles. The lowest BCUT2D eigenvalue weighted by molar-refractivity contribution is -0.385. The topological polar surface area (TPSA) is 101 Å². The normalized spacial score (nSPS) is 10.2. The maximum Gasteiger partial charge on any atom is 0.285 e. The van der Waals surface area contributed by atoms with Crippen LogP contribution in [-0.2, 0) is 6.42 Å². The summed E-state index contributed by atoms with van der Waals surface area (Å²) in [6, 6.07) is 4.70. The summed E-state index contributed by atoms with van der Waals surface area (Å²) in [5.74, 6) is -0.445. The second kappa shape index (κ2) is 5.96. The van der Waals surface area contributed by atoms with Crippen molar-refractivity contribution in [1.29, 1.82) is 0 Å². The lowest BCUT2D eigenvalue weighted by atomic mass is 10.1. The van der Waals surface area contributed by atoms with Crippen LogP contribution in [0.15, 0.2) is 30.7 Å². The highest BCUT2D eigenvalue weighted by molar-refractivity contribution is 5.98. The highest BCUT2D eigenvalue weighted by Gasteiger charge is 2.21. The maximum absolute atomic E-state index is 12.0. The monoisotopic (exact) mass is 274 g/mol. The van der Waals surface area contributed by atoms with Crippen LogP contribution in [0.5, 0.6) is 0 Å². The molecule has 0 aliphatic carbocycles. The molecule has 2 aromatic rings. The Hall–Kier alpha value is -2.70. The van der Waals surface area contributed by atoms with Crippen molar-refractivity contribution < 1.29 is 9.72 Å². The van der Waals surface area contributed by atoms with Gasteiger partial charge < -0.3 is 10.3 Å². The summed E-state index contributed by atoms with van der Waals surface area (Å²) < 4.78 is 0. The van der Waals surface area contributed by atoms with Crippen LogP contribution in [0.2, 0.25) is 0 Å². The van der Waals surface area contributed by atoms with E-state index in [9.17, 15) is 14.9 Å². The summed E-state index contributed by atoms with van der Waals surface area (Å²) in [4.78, 5) is 29.3. The molecule has 104 valence electrons. The number of benzene rings is 1. The van der Waals surface area contributed by atoms with Gasteiger partial charge in [-0.3, -0.25) is 14.9 Å². The maximum atomic E-state index is 12.0. The number of aryl methyl sites for hydroxylation is 1. The molecule has 0 atom stereocenters. The number of nitro groups is 1. The Morgan fingerprint density at radius 1 is 1.50 bits per heavy atom. The number of imidazole rings is 1. The van der Waals surface area contributed by atoms with Gasteiger partial charge in [0.05, 0.1) is 11.3 Å². The first-order chi connectivity index (χ1) is 9.59. The predicted molar refractivity (Wildman–Crippen MR) is 72.5 cm³/mol. The lowest BCUT2D eigenvalue weighted by Gasteiger charge is -2.06. The number of hydrogen-bond acceptors (Lipinski definition) is 4. The first-order valence-electron chi connectivity index (χ1n) is 6.09. The molecule has 0 aliphatic heterocycles. The molecule has 1 aromatic heterocycles. The van der Waals surface area contributed by atoms with Crippen LogP contribution < -0.4 is 5.32 Å². The SMILES string of the molecule is Cc1cccc(C(=O)NCCc2cnc[nH]2)c1[N+](=O)[O-].